The fraction of sp³-hybridized carbons (Fsp3) is 0.409. The number of carbonyl (C=O) groups excluding carboxylic acids is 1. The predicted octanol–water partition coefficient (Wildman–Crippen LogP) is 2.96. The van der Waals surface area contributed by atoms with E-state index in [0.29, 0.717) is 17.1 Å². The monoisotopic (exact) mass is 426 g/mol. The van der Waals surface area contributed by atoms with Gasteiger partial charge in [0.25, 0.3) is 5.56 Å². The number of piperidine rings is 1. The molecule has 0 unspecified atom stereocenters. The molecule has 1 aliphatic heterocycles. The lowest BCUT2D eigenvalue weighted by Crippen LogP contribution is -2.40. The van der Waals surface area contributed by atoms with E-state index in [2.05, 4.69) is 9.88 Å². The van der Waals surface area contributed by atoms with Crippen molar-refractivity contribution in [2.75, 3.05) is 34.3 Å². The number of fused-ring (bicyclic) bond motifs is 1. The second-order valence-corrected chi connectivity index (χ2v) is 8.90. The lowest BCUT2D eigenvalue weighted by Gasteiger charge is -2.31. The van der Waals surface area contributed by atoms with Crippen molar-refractivity contribution in [1.29, 1.82) is 0 Å². The average molecular weight is 427 g/mol. The van der Waals surface area contributed by atoms with Gasteiger partial charge in [-0.1, -0.05) is 0 Å². The number of aromatic nitrogens is 2. The van der Waals surface area contributed by atoms with Gasteiger partial charge in [0.15, 0.2) is 0 Å². The fourth-order valence-corrected chi connectivity index (χ4v) is 4.87. The number of methoxy groups -OCH3 is 1. The van der Waals surface area contributed by atoms with Gasteiger partial charge in [-0.25, -0.2) is 4.98 Å². The van der Waals surface area contributed by atoms with Gasteiger partial charge in [0.2, 0.25) is 5.91 Å². The number of aromatic amines is 1. The number of H-pyrrole nitrogens is 1. The molecule has 0 aliphatic carbocycles. The van der Waals surface area contributed by atoms with Crippen molar-refractivity contribution in [2.24, 2.45) is 5.92 Å². The number of nitrogens with zero attached hydrogens (tertiary/aromatic N) is 3. The minimum atomic E-state index is -0.0996. The molecule has 1 fully saturated rings. The molecule has 158 valence electrons. The number of nitrogens with one attached hydrogen (secondary N) is 1. The molecule has 7 nitrogen and oxygen atoms in total. The zero-order valence-corrected chi connectivity index (χ0v) is 18.3. The van der Waals surface area contributed by atoms with Crippen molar-refractivity contribution in [3.63, 3.8) is 0 Å². The number of hydrogen-bond acceptors (Lipinski definition) is 6. The Morgan fingerprint density at radius 2 is 1.97 bits per heavy atom. The van der Waals surface area contributed by atoms with E-state index in [1.807, 2.05) is 30.3 Å². The summed E-state index contributed by atoms with van der Waals surface area (Å²) in [7, 11) is 5.25. The van der Waals surface area contributed by atoms with E-state index >= 15 is 0 Å². The summed E-state index contributed by atoms with van der Waals surface area (Å²) in [5, 5.41) is 0. The number of thiophene rings is 1. The van der Waals surface area contributed by atoms with Crippen LogP contribution in [0.4, 0.5) is 0 Å². The van der Waals surface area contributed by atoms with Gasteiger partial charge in [-0.2, -0.15) is 0 Å². The van der Waals surface area contributed by atoms with Gasteiger partial charge in [0.1, 0.15) is 16.3 Å². The Morgan fingerprint density at radius 1 is 1.27 bits per heavy atom. The molecule has 1 aromatic carbocycles. The molecule has 0 radical (unpaired) electrons. The number of likely N-dealkylation sites (tertiary alicyclic amines) is 1. The van der Waals surface area contributed by atoms with Gasteiger partial charge < -0.3 is 14.6 Å². The molecule has 1 N–H and O–H groups in total. The van der Waals surface area contributed by atoms with Crippen molar-refractivity contribution < 1.29 is 9.53 Å². The van der Waals surface area contributed by atoms with Crippen LogP contribution in [-0.2, 0) is 11.3 Å². The second-order valence-electron chi connectivity index (χ2n) is 7.85. The van der Waals surface area contributed by atoms with Crippen LogP contribution in [0.5, 0.6) is 5.75 Å². The van der Waals surface area contributed by atoms with Crippen molar-refractivity contribution in [3.8, 4) is 16.2 Å². The molecule has 0 saturated carbocycles. The topological polar surface area (TPSA) is 78.5 Å². The molecule has 0 spiro atoms. The number of amides is 1. The van der Waals surface area contributed by atoms with Crippen LogP contribution in [0.1, 0.15) is 18.7 Å². The van der Waals surface area contributed by atoms with Gasteiger partial charge >= 0.3 is 0 Å². The lowest BCUT2D eigenvalue weighted by atomic mass is 9.95. The lowest BCUT2D eigenvalue weighted by molar-refractivity contribution is -0.134. The Morgan fingerprint density at radius 3 is 2.60 bits per heavy atom. The highest BCUT2D eigenvalue weighted by atomic mass is 32.1. The van der Waals surface area contributed by atoms with Crippen LogP contribution in [0.15, 0.2) is 35.1 Å². The van der Waals surface area contributed by atoms with Crippen LogP contribution < -0.4 is 10.3 Å². The van der Waals surface area contributed by atoms with Crippen LogP contribution in [0.25, 0.3) is 20.7 Å². The molecule has 1 saturated heterocycles. The number of carbonyl (C=O) groups is 1. The van der Waals surface area contributed by atoms with E-state index in [-0.39, 0.29) is 17.4 Å². The Balaban J connectivity index is 1.49. The first-order valence-corrected chi connectivity index (χ1v) is 10.9. The molecule has 0 bridgehead atoms. The van der Waals surface area contributed by atoms with Crippen LogP contribution in [0.2, 0.25) is 0 Å². The Bertz CT molecular complexity index is 1100. The summed E-state index contributed by atoms with van der Waals surface area (Å²) in [6.45, 7) is 2.24. The van der Waals surface area contributed by atoms with Gasteiger partial charge in [0, 0.05) is 24.9 Å². The number of benzene rings is 1. The SMILES string of the molecule is COc1ccc(-c2cc3nc(CN4CCC(C(=O)N(C)C)CC4)[nH]c(=O)c3s2)cc1. The molecular formula is C22H26N4O3S. The Hall–Kier alpha value is -2.71. The first-order chi connectivity index (χ1) is 14.4. The third-order valence-electron chi connectivity index (χ3n) is 5.56. The molecule has 3 aromatic rings. The average Bonchev–Trinajstić information content (AvgIpc) is 3.18. The molecule has 1 amide bonds. The van der Waals surface area contributed by atoms with Crippen LogP contribution in [0.3, 0.4) is 0 Å². The maximum Gasteiger partial charge on any atom is 0.268 e. The fourth-order valence-electron chi connectivity index (χ4n) is 3.88. The summed E-state index contributed by atoms with van der Waals surface area (Å²) in [6.07, 6.45) is 1.67. The van der Waals surface area contributed by atoms with Crippen LogP contribution in [-0.4, -0.2) is 60.0 Å². The summed E-state index contributed by atoms with van der Waals surface area (Å²) in [4.78, 5) is 37.4. The largest absolute Gasteiger partial charge is 0.497 e. The molecule has 1 aliphatic rings. The van der Waals surface area contributed by atoms with E-state index in [4.69, 9.17) is 9.72 Å². The standard InChI is InChI=1S/C22H26N4O3S/c1-25(2)22(28)15-8-10-26(11-9-15)13-19-23-17-12-18(30-20(17)21(27)24-19)14-4-6-16(29-3)7-5-14/h4-7,12,15H,8-11,13H2,1-3H3,(H,23,24,27). The number of rotatable bonds is 5. The first-order valence-electron chi connectivity index (χ1n) is 10.1. The summed E-state index contributed by atoms with van der Waals surface area (Å²) < 4.78 is 5.85. The third kappa shape index (κ3) is 4.24. The molecule has 30 heavy (non-hydrogen) atoms. The Labute approximate surface area is 179 Å². The van der Waals surface area contributed by atoms with Crippen molar-refractivity contribution in [1.82, 2.24) is 19.8 Å². The zero-order valence-electron chi connectivity index (χ0n) is 17.5. The van der Waals surface area contributed by atoms with E-state index < -0.39 is 0 Å². The zero-order chi connectivity index (χ0) is 21.3. The normalized spacial score (nSPS) is 15.4. The van der Waals surface area contributed by atoms with Crippen LogP contribution >= 0.6 is 11.3 Å². The molecule has 8 heteroatoms. The minimum absolute atomic E-state index is 0.0923. The van der Waals surface area contributed by atoms with E-state index in [1.54, 1.807) is 26.1 Å². The minimum Gasteiger partial charge on any atom is -0.497 e. The molecular weight excluding hydrogens is 400 g/mol. The molecule has 4 rings (SSSR count). The summed E-state index contributed by atoms with van der Waals surface area (Å²) in [6, 6.07) is 9.76. The van der Waals surface area contributed by atoms with E-state index in [1.165, 1.54) is 11.3 Å². The summed E-state index contributed by atoms with van der Waals surface area (Å²) >= 11 is 1.45. The van der Waals surface area contributed by atoms with Crippen molar-refractivity contribution in [2.45, 2.75) is 19.4 Å². The molecule has 0 atom stereocenters. The Kier molecular flexibility index (Phi) is 5.87. The summed E-state index contributed by atoms with van der Waals surface area (Å²) in [5.74, 6) is 1.76. The highest BCUT2D eigenvalue weighted by Gasteiger charge is 2.26. The van der Waals surface area contributed by atoms with E-state index in [0.717, 1.165) is 47.6 Å². The van der Waals surface area contributed by atoms with Crippen molar-refractivity contribution in [3.05, 3.63) is 46.5 Å². The highest BCUT2D eigenvalue weighted by Crippen LogP contribution is 2.32. The number of hydrogen-bond donors (Lipinski definition) is 1. The second kappa shape index (κ2) is 8.57. The van der Waals surface area contributed by atoms with E-state index in [9.17, 15) is 9.59 Å². The van der Waals surface area contributed by atoms with Gasteiger partial charge in [-0.15, -0.1) is 11.3 Å². The quantitative estimate of drug-likeness (QED) is 0.679. The molecule has 2 aromatic heterocycles. The summed E-state index contributed by atoms with van der Waals surface area (Å²) in [5.41, 5.74) is 1.66. The molecule has 3 heterocycles. The smallest absolute Gasteiger partial charge is 0.268 e. The predicted molar refractivity (Wildman–Crippen MR) is 119 cm³/mol. The third-order valence-corrected chi connectivity index (χ3v) is 6.73. The van der Waals surface area contributed by atoms with Gasteiger partial charge in [0.05, 0.1) is 19.2 Å². The maximum absolute atomic E-state index is 12.6. The highest BCUT2D eigenvalue weighted by molar-refractivity contribution is 7.22. The van der Waals surface area contributed by atoms with Gasteiger partial charge in [-0.05, 0) is 61.8 Å². The number of ether oxygens (including phenoxy) is 1. The first kappa shape index (κ1) is 20.6. The van der Waals surface area contributed by atoms with Crippen LogP contribution in [0, 0.1) is 5.92 Å². The van der Waals surface area contributed by atoms with Gasteiger partial charge in [-0.3, -0.25) is 14.5 Å². The maximum atomic E-state index is 12.6. The van der Waals surface area contributed by atoms with Crippen molar-refractivity contribution >= 4 is 27.5 Å².